The van der Waals surface area contributed by atoms with Crippen molar-refractivity contribution in [2.75, 3.05) is 0 Å². The summed E-state index contributed by atoms with van der Waals surface area (Å²) in [7, 11) is 0. The standard InChI is InChI=1S/C14H7BrOS/c15-8-5-6-9-11(7-8)16-14-13(9)10-3-1-2-4-12(10)17-14/h1-7H. The highest BCUT2D eigenvalue weighted by molar-refractivity contribution is 9.10. The van der Waals surface area contributed by atoms with Crippen LogP contribution in [0.2, 0.25) is 0 Å². The molecular weight excluding hydrogens is 296 g/mol. The Morgan fingerprint density at radius 3 is 2.82 bits per heavy atom. The summed E-state index contributed by atoms with van der Waals surface area (Å²) in [6.45, 7) is 0. The summed E-state index contributed by atoms with van der Waals surface area (Å²) in [5.41, 5.74) is 0.950. The first-order chi connectivity index (χ1) is 8.33. The van der Waals surface area contributed by atoms with E-state index in [1.807, 2.05) is 6.07 Å². The molecule has 4 rings (SSSR count). The quantitative estimate of drug-likeness (QED) is 0.414. The Hall–Kier alpha value is -1.32. The van der Waals surface area contributed by atoms with Gasteiger partial charge in [0.2, 0.25) is 0 Å². The van der Waals surface area contributed by atoms with Gasteiger partial charge in [0.25, 0.3) is 0 Å². The molecule has 2 heterocycles. The lowest BCUT2D eigenvalue weighted by Crippen LogP contribution is -1.67. The van der Waals surface area contributed by atoms with E-state index in [1.165, 1.54) is 20.9 Å². The molecule has 4 aromatic rings. The van der Waals surface area contributed by atoms with E-state index in [1.54, 1.807) is 11.3 Å². The molecule has 0 fully saturated rings. The van der Waals surface area contributed by atoms with Crippen molar-refractivity contribution in [1.82, 2.24) is 0 Å². The number of hydrogen-bond acceptors (Lipinski definition) is 2. The van der Waals surface area contributed by atoms with Crippen molar-refractivity contribution in [3.05, 3.63) is 46.9 Å². The first-order valence-electron chi connectivity index (χ1n) is 5.32. The van der Waals surface area contributed by atoms with Crippen LogP contribution in [-0.2, 0) is 0 Å². The summed E-state index contributed by atoms with van der Waals surface area (Å²) in [4.78, 5) is 1.01. The fraction of sp³-hybridized carbons (Fsp3) is 0. The molecule has 0 N–H and O–H groups in total. The third-order valence-corrected chi connectivity index (χ3v) is 4.52. The van der Waals surface area contributed by atoms with Crippen LogP contribution in [0.25, 0.3) is 31.3 Å². The first kappa shape index (κ1) is 9.68. The second-order valence-electron chi connectivity index (χ2n) is 4.00. The van der Waals surface area contributed by atoms with Crippen molar-refractivity contribution in [2.24, 2.45) is 0 Å². The molecule has 3 heteroatoms. The Balaban J connectivity index is 2.31. The normalized spacial score (nSPS) is 11.8. The fourth-order valence-corrected chi connectivity index (χ4v) is 3.66. The van der Waals surface area contributed by atoms with Crippen LogP contribution in [0.1, 0.15) is 0 Å². The zero-order valence-corrected chi connectivity index (χ0v) is 11.1. The maximum atomic E-state index is 5.91. The predicted octanol–water partition coefficient (Wildman–Crippen LogP) is 5.56. The van der Waals surface area contributed by atoms with Crippen LogP contribution >= 0.6 is 27.3 Å². The summed E-state index contributed by atoms with van der Waals surface area (Å²) in [6, 6.07) is 14.6. The van der Waals surface area contributed by atoms with Gasteiger partial charge in [-0.25, -0.2) is 0 Å². The van der Waals surface area contributed by atoms with Gasteiger partial charge in [-0.1, -0.05) is 45.5 Å². The number of fused-ring (bicyclic) bond motifs is 5. The van der Waals surface area contributed by atoms with Gasteiger partial charge in [0.1, 0.15) is 5.58 Å². The van der Waals surface area contributed by atoms with Crippen molar-refractivity contribution >= 4 is 58.6 Å². The lowest BCUT2D eigenvalue weighted by molar-refractivity contribution is 0.677. The summed E-state index contributed by atoms with van der Waals surface area (Å²) in [5, 5.41) is 3.72. The van der Waals surface area contributed by atoms with Gasteiger partial charge in [0.15, 0.2) is 4.90 Å². The van der Waals surface area contributed by atoms with Gasteiger partial charge < -0.3 is 4.42 Å². The molecule has 0 saturated heterocycles. The molecule has 17 heavy (non-hydrogen) atoms. The summed E-state index contributed by atoms with van der Waals surface area (Å²) in [6.07, 6.45) is 0. The van der Waals surface area contributed by atoms with Crippen LogP contribution in [0.15, 0.2) is 51.4 Å². The van der Waals surface area contributed by atoms with E-state index >= 15 is 0 Å². The van der Waals surface area contributed by atoms with E-state index in [4.69, 9.17) is 4.42 Å². The average Bonchev–Trinajstić information content (AvgIpc) is 2.83. The minimum absolute atomic E-state index is 0.950. The predicted molar refractivity (Wildman–Crippen MR) is 76.8 cm³/mol. The van der Waals surface area contributed by atoms with Gasteiger partial charge in [-0.3, -0.25) is 0 Å². The third kappa shape index (κ3) is 1.30. The highest BCUT2D eigenvalue weighted by Crippen LogP contribution is 2.40. The van der Waals surface area contributed by atoms with E-state index in [0.717, 1.165) is 15.0 Å². The second-order valence-corrected chi connectivity index (χ2v) is 5.93. The fourth-order valence-electron chi connectivity index (χ4n) is 2.24. The molecule has 0 amide bonds. The smallest absolute Gasteiger partial charge is 0.190 e. The van der Waals surface area contributed by atoms with Crippen LogP contribution in [-0.4, -0.2) is 0 Å². The summed E-state index contributed by atoms with van der Waals surface area (Å²) in [5.74, 6) is 0. The van der Waals surface area contributed by atoms with Gasteiger partial charge in [0.05, 0.1) is 0 Å². The summed E-state index contributed by atoms with van der Waals surface area (Å²) < 4.78 is 8.24. The first-order valence-corrected chi connectivity index (χ1v) is 6.93. The number of rotatable bonds is 0. The topological polar surface area (TPSA) is 13.1 Å². The molecule has 0 unspecified atom stereocenters. The van der Waals surface area contributed by atoms with Crippen molar-refractivity contribution in [3.8, 4) is 0 Å². The van der Waals surface area contributed by atoms with Gasteiger partial charge in [-0.15, -0.1) is 0 Å². The molecule has 2 aromatic carbocycles. The summed E-state index contributed by atoms with van der Waals surface area (Å²) >= 11 is 5.18. The van der Waals surface area contributed by atoms with Gasteiger partial charge in [0, 0.05) is 25.3 Å². The van der Waals surface area contributed by atoms with E-state index in [2.05, 4.69) is 52.3 Å². The van der Waals surface area contributed by atoms with E-state index in [0.29, 0.717) is 0 Å². The Morgan fingerprint density at radius 1 is 1.00 bits per heavy atom. The monoisotopic (exact) mass is 302 g/mol. The van der Waals surface area contributed by atoms with Crippen LogP contribution in [0.5, 0.6) is 0 Å². The Bertz CT molecular complexity index is 856. The maximum absolute atomic E-state index is 5.91. The van der Waals surface area contributed by atoms with Gasteiger partial charge in [-0.05, 0) is 24.3 Å². The molecule has 82 valence electrons. The number of halogens is 1. The largest absolute Gasteiger partial charge is 0.445 e. The van der Waals surface area contributed by atoms with Crippen LogP contribution in [0.4, 0.5) is 0 Å². The zero-order valence-electron chi connectivity index (χ0n) is 8.74. The van der Waals surface area contributed by atoms with Gasteiger partial charge in [-0.2, -0.15) is 0 Å². The van der Waals surface area contributed by atoms with Crippen molar-refractivity contribution < 1.29 is 4.42 Å². The highest BCUT2D eigenvalue weighted by Gasteiger charge is 2.13. The number of thiophene rings is 1. The van der Waals surface area contributed by atoms with Crippen LogP contribution < -0.4 is 0 Å². The third-order valence-electron chi connectivity index (χ3n) is 2.98. The molecule has 0 radical (unpaired) electrons. The molecule has 0 spiro atoms. The maximum Gasteiger partial charge on any atom is 0.190 e. The van der Waals surface area contributed by atoms with E-state index < -0.39 is 0 Å². The Kier molecular flexibility index (Phi) is 1.90. The molecule has 0 saturated carbocycles. The molecule has 0 aliphatic carbocycles. The molecule has 1 nitrogen and oxygen atoms in total. The SMILES string of the molecule is Brc1ccc2c(c1)oc1sc3ccccc3c12. The van der Waals surface area contributed by atoms with Crippen molar-refractivity contribution in [3.63, 3.8) is 0 Å². The molecule has 0 aliphatic rings. The second kappa shape index (κ2) is 3.34. The Labute approximate surface area is 110 Å². The average molecular weight is 303 g/mol. The lowest BCUT2D eigenvalue weighted by atomic mass is 10.1. The van der Waals surface area contributed by atoms with Crippen molar-refractivity contribution in [2.45, 2.75) is 0 Å². The minimum atomic E-state index is 0.950. The molecular formula is C14H7BrOS. The number of hydrogen-bond donors (Lipinski definition) is 0. The highest BCUT2D eigenvalue weighted by atomic mass is 79.9. The van der Waals surface area contributed by atoms with Crippen molar-refractivity contribution in [1.29, 1.82) is 0 Å². The van der Waals surface area contributed by atoms with Crippen LogP contribution in [0, 0.1) is 0 Å². The molecule has 0 bridgehead atoms. The molecule has 2 aromatic heterocycles. The number of furan rings is 1. The van der Waals surface area contributed by atoms with Crippen LogP contribution in [0.3, 0.4) is 0 Å². The van der Waals surface area contributed by atoms with E-state index in [9.17, 15) is 0 Å². The minimum Gasteiger partial charge on any atom is -0.445 e. The van der Waals surface area contributed by atoms with Gasteiger partial charge >= 0.3 is 0 Å². The zero-order chi connectivity index (χ0) is 11.4. The molecule has 0 aliphatic heterocycles. The molecule has 0 atom stereocenters. The number of benzene rings is 2. The lowest BCUT2D eigenvalue weighted by Gasteiger charge is -1.91. The van der Waals surface area contributed by atoms with E-state index in [-0.39, 0.29) is 0 Å². The Morgan fingerprint density at radius 2 is 1.88 bits per heavy atom.